The minimum atomic E-state index is -0.434. The first-order valence-corrected chi connectivity index (χ1v) is 9.09. The number of halogens is 1. The van der Waals surface area contributed by atoms with Gasteiger partial charge in [0.15, 0.2) is 10.9 Å². The molecule has 4 rings (SSSR count). The number of imidazole rings is 1. The summed E-state index contributed by atoms with van der Waals surface area (Å²) in [7, 11) is 1.87. The SMILES string of the molecule is Cc1c(C(=O)Nc2cc(F)ccc2Sc2nccn2C)oc2ccccc12. The largest absolute Gasteiger partial charge is 0.451 e. The zero-order valence-corrected chi connectivity index (χ0v) is 15.5. The number of hydrogen-bond donors (Lipinski definition) is 1. The summed E-state index contributed by atoms with van der Waals surface area (Å²) in [6.07, 6.45) is 3.50. The van der Waals surface area contributed by atoms with Gasteiger partial charge in [0.25, 0.3) is 5.91 Å². The van der Waals surface area contributed by atoms with Crippen LogP contribution in [-0.4, -0.2) is 15.5 Å². The van der Waals surface area contributed by atoms with Crippen molar-refractivity contribution < 1.29 is 13.6 Å². The Morgan fingerprint density at radius 3 is 2.81 bits per heavy atom. The van der Waals surface area contributed by atoms with Crippen molar-refractivity contribution in [3.05, 3.63) is 72.0 Å². The zero-order valence-electron chi connectivity index (χ0n) is 14.7. The molecule has 0 radical (unpaired) electrons. The lowest BCUT2D eigenvalue weighted by Crippen LogP contribution is -2.13. The predicted molar refractivity (Wildman–Crippen MR) is 103 cm³/mol. The first-order chi connectivity index (χ1) is 13.0. The van der Waals surface area contributed by atoms with Crippen molar-refractivity contribution in [2.45, 2.75) is 17.0 Å². The van der Waals surface area contributed by atoms with Crippen LogP contribution in [0.15, 0.2) is 69.3 Å². The van der Waals surface area contributed by atoms with E-state index in [4.69, 9.17) is 4.42 Å². The van der Waals surface area contributed by atoms with E-state index in [1.54, 1.807) is 12.3 Å². The fourth-order valence-electron chi connectivity index (χ4n) is 2.81. The molecule has 2 aromatic heterocycles. The topological polar surface area (TPSA) is 60.1 Å². The second kappa shape index (κ2) is 6.92. The smallest absolute Gasteiger partial charge is 0.291 e. The number of carbonyl (C=O) groups is 1. The van der Waals surface area contributed by atoms with E-state index in [0.29, 0.717) is 16.2 Å². The second-order valence-corrected chi connectivity index (χ2v) is 7.08. The number of furan rings is 1. The predicted octanol–water partition coefficient (Wildman–Crippen LogP) is 5.02. The van der Waals surface area contributed by atoms with E-state index in [1.165, 1.54) is 23.9 Å². The Balaban J connectivity index is 1.67. The van der Waals surface area contributed by atoms with Crippen molar-refractivity contribution in [3.63, 3.8) is 0 Å². The van der Waals surface area contributed by atoms with E-state index in [1.807, 2.05) is 49.0 Å². The van der Waals surface area contributed by atoms with E-state index < -0.39 is 11.7 Å². The number of benzene rings is 2. The van der Waals surface area contributed by atoms with E-state index >= 15 is 0 Å². The van der Waals surface area contributed by atoms with Gasteiger partial charge in [0.1, 0.15) is 11.4 Å². The molecule has 7 heteroatoms. The molecule has 2 heterocycles. The normalized spacial score (nSPS) is 11.1. The molecule has 0 fully saturated rings. The molecular formula is C20H16FN3O2S. The number of fused-ring (bicyclic) bond motifs is 1. The van der Waals surface area contributed by atoms with Crippen LogP contribution in [-0.2, 0) is 7.05 Å². The number of aromatic nitrogens is 2. The van der Waals surface area contributed by atoms with Crippen molar-refractivity contribution in [1.82, 2.24) is 9.55 Å². The van der Waals surface area contributed by atoms with Gasteiger partial charge in [-0.3, -0.25) is 4.79 Å². The van der Waals surface area contributed by atoms with Gasteiger partial charge in [-0.2, -0.15) is 0 Å². The summed E-state index contributed by atoms with van der Waals surface area (Å²) in [4.78, 5) is 17.7. The van der Waals surface area contributed by atoms with Crippen LogP contribution in [0.25, 0.3) is 11.0 Å². The van der Waals surface area contributed by atoms with Crippen molar-refractivity contribution in [3.8, 4) is 0 Å². The number of hydrogen-bond acceptors (Lipinski definition) is 4. The van der Waals surface area contributed by atoms with Gasteiger partial charge < -0.3 is 14.3 Å². The molecule has 0 saturated carbocycles. The summed E-state index contributed by atoms with van der Waals surface area (Å²) in [6, 6.07) is 11.7. The summed E-state index contributed by atoms with van der Waals surface area (Å²) in [5.74, 6) is -0.639. The maximum Gasteiger partial charge on any atom is 0.291 e. The monoisotopic (exact) mass is 381 g/mol. The van der Waals surface area contributed by atoms with E-state index in [0.717, 1.165) is 16.1 Å². The molecule has 0 aliphatic rings. The molecule has 0 aliphatic carbocycles. The molecule has 4 aromatic rings. The number of nitrogens with one attached hydrogen (secondary N) is 1. The molecule has 0 unspecified atom stereocenters. The molecule has 1 amide bonds. The maximum absolute atomic E-state index is 13.8. The lowest BCUT2D eigenvalue weighted by Gasteiger charge is -2.10. The van der Waals surface area contributed by atoms with E-state index in [-0.39, 0.29) is 5.76 Å². The Morgan fingerprint density at radius 2 is 2.07 bits per heavy atom. The first-order valence-electron chi connectivity index (χ1n) is 8.27. The molecule has 136 valence electrons. The third-order valence-electron chi connectivity index (χ3n) is 4.22. The van der Waals surface area contributed by atoms with Gasteiger partial charge in [0.05, 0.1) is 5.69 Å². The molecule has 2 aromatic carbocycles. The fourth-order valence-corrected chi connectivity index (χ4v) is 3.68. The van der Waals surface area contributed by atoms with Crippen molar-refractivity contribution in [2.24, 2.45) is 7.05 Å². The van der Waals surface area contributed by atoms with Crippen LogP contribution >= 0.6 is 11.8 Å². The molecule has 0 spiro atoms. The Morgan fingerprint density at radius 1 is 1.26 bits per heavy atom. The fraction of sp³-hybridized carbons (Fsp3) is 0.100. The van der Waals surface area contributed by atoms with Crippen molar-refractivity contribution in [2.75, 3.05) is 5.32 Å². The van der Waals surface area contributed by atoms with Gasteiger partial charge in [-0.05, 0) is 43.0 Å². The van der Waals surface area contributed by atoms with Crippen LogP contribution in [0.2, 0.25) is 0 Å². The average molecular weight is 381 g/mol. The van der Waals surface area contributed by atoms with Crippen LogP contribution in [0, 0.1) is 12.7 Å². The molecule has 5 nitrogen and oxygen atoms in total. The van der Waals surface area contributed by atoms with Crippen molar-refractivity contribution >= 4 is 34.3 Å². The Kier molecular flexibility index (Phi) is 4.45. The standard InChI is InChI=1S/C20H16FN3O2S/c1-12-14-5-3-4-6-16(14)26-18(12)19(25)23-15-11-13(21)7-8-17(15)27-20-22-9-10-24(20)2/h3-11H,1-2H3,(H,23,25). The molecular weight excluding hydrogens is 365 g/mol. The average Bonchev–Trinajstić information content (AvgIpc) is 3.21. The van der Waals surface area contributed by atoms with Gasteiger partial charge in [0, 0.05) is 35.3 Å². The van der Waals surface area contributed by atoms with Gasteiger partial charge >= 0.3 is 0 Å². The maximum atomic E-state index is 13.8. The highest BCUT2D eigenvalue weighted by atomic mass is 32.2. The first kappa shape index (κ1) is 17.4. The number of carbonyl (C=O) groups excluding carboxylic acids is 1. The molecule has 0 bridgehead atoms. The quantitative estimate of drug-likeness (QED) is 0.539. The van der Waals surface area contributed by atoms with Gasteiger partial charge in [0.2, 0.25) is 0 Å². The third kappa shape index (κ3) is 3.33. The molecule has 0 atom stereocenters. The third-order valence-corrected chi connectivity index (χ3v) is 5.37. The van der Waals surface area contributed by atoms with E-state index in [2.05, 4.69) is 10.3 Å². The Labute approximate surface area is 159 Å². The number of amides is 1. The summed E-state index contributed by atoms with van der Waals surface area (Å²) in [5, 5.41) is 4.38. The van der Waals surface area contributed by atoms with Crippen molar-refractivity contribution in [1.29, 1.82) is 0 Å². The highest BCUT2D eigenvalue weighted by Gasteiger charge is 2.19. The minimum absolute atomic E-state index is 0.216. The lowest BCUT2D eigenvalue weighted by atomic mass is 10.1. The summed E-state index contributed by atoms with van der Waals surface area (Å²) < 4.78 is 21.3. The number of aryl methyl sites for hydroxylation is 2. The molecule has 0 aliphatic heterocycles. The molecule has 1 N–H and O–H groups in total. The highest BCUT2D eigenvalue weighted by molar-refractivity contribution is 7.99. The molecule has 0 saturated heterocycles. The van der Waals surface area contributed by atoms with Crippen LogP contribution in [0.5, 0.6) is 0 Å². The van der Waals surface area contributed by atoms with Gasteiger partial charge in [-0.25, -0.2) is 9.37 Å². The summed E-state index contributed by atoms with van der Waals surface area (Å²) in [5.41, 5.74) is 1.76. The summed E-state index contributed by atoms with van der Waals surface area (Å²) in [6.45, 7) is 1.83. The molecule has 27 heavy (non-hydrogen) atoms. The summed E-state index contributed by atoms with van der Waals surface area (Å²) >= 11 is 1.34. The number of anilines is 1. The van der Waals surface area contributed by atoms with Crippen LogP contribution in [0.1, 0.15) is 16.1 Å². The number of nitrogens with zero attached hydrogens (tertiary/aromatic N) is 2. The Bertz CT molecular complexity index is 1150. The van der Waals surface area contributed by atoms with Crippen LogP contribution in [0.4, 0.5) is 10.1 Å². The van der Waals surface area contributed by atoms with Crippen LogP contribution < -0.4 is 5.32 Å². The van der Waals surface area contributed by atoms with Gasteiger partial charge in [-0.15, -0.1) is 0 Å². The van der Waals surface area contributed by atoms with Gasteiger partial charge in [-0.1, -0.05) is 18.2 Å². The second-order valence-electron chi connectivity index (χ2n) is 6.07. The number of rotatable bonds is 4. The zero-order chi connectivity index (χ0) is 19.0. The number of para-hydroxylation sites is 1. The lowest BCUT2D eigenvalue weighted by molar-refractivity contribution is 0.0997. The van der Waals surface area contributed by atoms with Crippen LogP contribution in [0.3, 0.4) is 0 Å². The Hall–Kier alpha value is -3.06. The minimum Gasteiger partial charge on any atom is -0.451 e. The highest BCUT2D eigenvalue weighted by Crippen LogP contribution is 2.34. The van der Waals surface area contributed by atoms with E-state index in [9.17, 15) is 9.18 Å².